The van der Waals surface area contributed by atoms with Crippen LogP contribution in [0.15, 0.2) is 127 Å². The Hall–Kier alpha value is -6.33. The summed E-state index contributed by atoms with van der Waals surface area (Å²) in [6, 6.07) is 35.3. The average molecular weight is 761 g/mol. The third kappa shape index (κ3) is 10.5. The fraction of sp³-hybridized carbons (Fsp3) is 0.244. The average Bonchev–Trinajstić information content (AvgIpc) is 3.22. The summed E-state index contributed by atoms with van der Waals surface area (Å²) in [5.74, 6) is -3.27. The van der Waals surface area contributed by atoms with Crippen LogP contribution in [0.5, 0.6) is 5.75 Å². The first-order chi connectivity index (χ1) is 27.2. The number of carbonyl (C=O) groups is 4. The molecule has 1 aliphatic heterocycles. The number of hydrogen-bond acceptors (Lipinski definition) is 10. The molecule has 0 saturated carbocycles. The fourth-order valence-electron chi connectivity index (χ4n) is 6.14. The standard InChI is InChI=1S/C45H41FO10/c1-3-30-19-21-31(22-20-30)23-37-38(46)24-32(27-51-29(2)47)25-39(37)55-45-41(56-44(50)35-17-11-6-12-18-35)40(54-43(49)34-15-9-5-10-16-34)26-36(53-45)28-52-42(48)33-13-7-4-8-14-33/h4-22,24-25,36,40-41,45H,3,23,26-28H2,1-2H3/t36-,40-,41+,45-/m0/s1. The van der Waals surface area contributed by atoms with E-state index in [1.807, 2.05) is 31.2 Å². The van der Waals surface area contributed by atoms with Crippen LogP contribution in [0, 0.1) is 5.82 Å². The Balaban J connectivity index is 1.38. The number of carbonyl (C=O) groups excluding carboxylic acids is 4. The molecule has 0 amide bonds. The lowest BCUT2D eigenvalue weighted by molar-refractivity contribution is -0.240. The van der Waals surface area contributed by atoms with E-state index >= 15 is 4.39 Å². The molecule has 4 atom stereocenters. The Morgan fingerprint density at radius 3 is 1.80 bits per heavy atom. The second-order valence-electron chi connectivity index (χ2n) is 13.2. The van der Waals surface area contributed by atoms with Gasteiger partial charge in [0.1, 0.15) is 30.9 Å². The molecule has 10 nitrogen and oxygen atoms in total. The molecule has 1 heterocycles. The lowest BCUT2D eigenvalue weighted by Crippen LogP contribution is -2.55. The molecule has 0 aromatic heterocycles. The Kier molecular flexibility index (Phi) is 13.2. The Bertz CT molecular complexity index is 2110. The molecule has 5 aromatic carbocycles. The van der Waals surface area contributed by atoms with E-state index in [0.29, 0.717) is 5.56 Å². The van der Waals surface area contributed by atoms with E-state index < -0.39 is 54.3 Å². The molecule has 0 aliphatic carbocycles. The summed E-state index contributed by atoms with van der Waals surface area (Å²) in [7, 11) is 0. The largest absolute Gasteiger partial charge is 0.461 e. The van der Waals surface area contributed by atoms with Gasteiger partial charge >= 0.3 is 23.9 Å². The quantitative estimate of drug-likeness (QED) is 0.0817. The molecule has 0 bridgehead atoms. The first-order valence-electron chi connectivity index (χ1n) is 18.3. The van der Waals surface area contributed by atoms with Crippen molar-refractivity contribution in [1.29, 1.82) is 0 Å². The number of esters is 4. The fourth-order valence-corrected chi connectivity index (χ4v) is 6.14. The van der Waals surface area contributed by atoms with Gasteiger partial charge in [0.2, 0.25) is 12.4 Å². The molecule has 0 unspecified atom stereocenters. The van der Waals surface area contributed by atoms with Gasteiger partial charge in [-0.15, -0.1) is 0 Å². The number of benzene rings is 5. The highest BCUT2D eigenvalue weighted by Crippen LogP contribution is 2.34. The van der Waals surface area contributed by atoms with Gasteiger partial charge in [-0.3, -0.25) is 4.79 Å². The minimum atomic E-state index is -1.52. The van der Waals surface area contributed by atoms with Crippen molar-refractivity contribution < 1.29 is 52.0 Å². The van der Waals surface area contributed by atoms with E-state index in [1.54, 1.807) is 91.0 Å². The number of hydrogen-bond donors (Lipinski definition) is 0. The summed E-state index contributed by atoms with van der Waals surface area (Å²) >= 11 is 0. The predicted molar refractivity (Wildman–Crippen MR) is 202 cm³/mol. The monoisotopic (exact) mass is 760 g/mol. The molecule has 1 aliphatic rings. The van der Waals surface area contributed by atoms with Crippen LogP contribution in [0.4, 0.5) is 4.39 Å². The lowest BCUT2D eigenvalue weighted by atomic mass is 9.99. The molecule has 11 heteroatoms. The molecule has 0 radical (unpaired) electrons. The van der Waals surface area contributed by atoms with E-state index in [1.165, 1.54) is 19.1 Å². The summed E-state index contributed by atoms with van der Waals surface area (Å²) < 4.78 is 51.9. The number of aryl methyl sites for hydroxylation is 1. The van der Waals surface area contributed by atoms with Crippen LogP contribution in [0.2, 0.25) is 0 Å². The van der Waals surface area contributed by atoms with Crippen LogP contribution in [0.25, 0.3) is 0 Å². The molecule has 5 aromatic rings. The van der Waals surface area contributed by atoms with Gasteiger partial charge in [-0.25, -0.2) is 18.8 Å². The van der Waals surface area contributed by atoms with Gasteiger partial charge in [0.05, 0.1) is 22.8 Å². The number of rotatable bonds is 14. The molecular weight excluding hydrogens is 719 g/mol. The SMILES string of the molecule is CCc1ccc(Cc2c(F)cc(COC(C)=O)cc2O[C@@H]2O[C@H](COC(=O)c3ccccc3)C[C@H](OC(=O)c3ccccc3)[C@H]2OC(=O)c2ccccc2)cc1. The topological polar surface area (TPSA) is 124 Å². The lowest BCUT2D eigenvalue weighted by Gasteiger charge is -2.40. The van der Waals surface area contributed by atoms with E-state index in [-0.39, 0.29) is 54.1 Å². The highest BCUT2D eigenvalue weighted by Gasteiger charge is 2.46. The van der Waals surface area contributed by atoms with Crippen molar-refractivity contribution in [3.63, 3.8) is 0 Å². The predicted octanol–water partition coefficient (Wildman–Crippen LogP) is 7.84. The van der Waals surface area contributed by atoms with Gasteiger partial charge in [0.25, 0.3) is 0 Å². The number of ether oxygens (including phenoxy) is 6. The van der Waals surface area contributed by atoms with Crippen LogP contribution in [-0.4, -0.2) is 55.1 Å². The molecule has 56 heavy (non-hydrogen) atoms. The zero-order chi connectivity index (χ0) is 39.4. The number of halogens is 1. The maximum Gasteiger partial charge on any atom is 0.338 e. The molecular formula is C45H41FO10. The summed E-state index contributed by atoms with van der Waals surface area (Å²) in [4.78, 5) is 51.8. The zero-order valence-electron chi connectivity index (χ0n) is 30.9. The summed E-state index contributed by atoms with van der Waals surface area (Å²) in [6.07, 6.45) is -4.17. The minimum absolute atomic E-state index is 0.00699. The maximum absolute atomic E-state index is 16.2. The van der Waals surface area contributed by atoms with Crippen LogP contribution >= 0.6 is 0 Å². The van der Waals surface area contributed by atoms with Crippen LogP contribution < -0.4 is 4.74 Å². The Labute approximate surface area is 324 Å². The highest BCUT2D eigenvalue weighted by molar-refractivity contribution is 5.90. The second kappa shape index (κ2) is 18.8. The van der Waals surface area contributed by atoms with Crippen LogP contribution in [-0.2, 0) is 47.9 Å². The summed E-state index contributed by atoms with van der Waals surface area (Å²) in [5, 5.41) is 0. The van der Waals surface area contributed by atoms with Crippen molar-refractivity contribution in [3.05, 3.63) is 172 Å². The first-order valence-corrected chi connectivity index (χ1v) is 18.3. The van der Waals surface area contributed by atoms with Gasteiger partial charge in [0.15, 0.2) is 0 Å². The van der Waals surface area contributed by atoms with E-state index in [4.69, 9.17) is 28.4 Å². The summed E-state index contributed by atoms with van der Waals surface area (Å²) in [6.45, 7) is 2.74. The molecule has 6 rings (SSSR count). The molecule has 1 saturated heterocycles. The van der Waals surface area contributed by atoms with E-state index in [2.05, 4.69) is 0 Å². The van der Waals surface area contributed by atoms with Gasteiger partial charge in [-0.1, -0.05) is 85.8 Å². The van der Waals surface area contributed by atoms with E-state index in [9.17, 15) is 19.2 Å². The molecule has 288 valence electrons. The highest BCUT2D eigenvalue weighted by atomic mass is 19.1. The van der Waals surface area contributed by atoms with Gasteiger partial charge in [-0.2, -0.15) is 0 Å². The van der Waals surface area contributed by atoms with Crippen LogP contribution in [0.1, 0.15) is 73.6 Å². The van der Waals surface area contributed by atoms with Crippen molar-refractivity contribution in [2.24, 2.45) is 0 Å². The van der Waals surface area contributed by atoms with E-state index in [0.717, 1.165) is 17.5 Å². The van der Waals surface area contributed by atoms with Crippen LogP contribution in [0.3, 0.4) is 0 Å². The third-order valence-corrected chi connectivity index (χ3v) is 9.10. The van der Waals surface area contributed by atoms with Crippen molar-refractivity contribution in [1.82, 2.24) is 0 Å². The third-order valence-electron chi connectivity index (χ3n) is 9.10. The molecule has 0 spiro atoms. The maximum atomic E-state index is 16.2. The van der Waals surface area contributed by atoms with Gasteiger partial charge in [-0.05, 0) is 71.6 Å². The van der Waals surface area contributed by atoms with Gasteiger partial charge in [0, 0.05) is 25.3 Å². The van der Waals surface area contributed by atoms with Crippen molar-refractivity contribution >= 4 is 23.9 Å². The first kappa shape index (κ1) is 39.4. The minimum Gasteiger partial charge on any atom is -0.461 e. The summed E-state index contributed by atoms with van der Waals surface area (Å²) in [5.41, 5.74) is 3.10. The Morgan fingerprint density at radius 1 is 0.679 bits per heavy atom. The smallest absolute Gasteiger partial charge is 0.338 e. The van der Waals surface area contributed by atoms with Gasteiger partial charge < -0.3 is 28.4 Å². The zero-order valence-corrected chi connectivity index (χ0v) is 30.9. The second-order valence-corrected chi connectivity index (χ2v) is 13.2. The Morgan fingerprint density at radius 2 is 1.23 bits per heavy atom. The molecule has 0 N–H and O–H groups in total. The van der Waals surface area contributed by atoms with Crippen molar-refractivity contribution in [2.45, 2.75) is 64.3 Å². The van der Waals surface area contributed by atoms with Crippen molar-refractivity contribution in [3.8, 4) is 5.75 Å². The molecule has 1 fully saturated rings. The van der Waals surface area contributed by atoms with Crippen molar-refractivity contribution in [2.75, 3.05) is 6.61 Å². The normalized spacial score (nSPS) is 17.6.